The van der Waals surface area contributed by atoms with Gasteiger partial charge in [-0.3, -0.25) is 14.3 Å². The van der Waals surface area contributed by atoms with E-state index in [4.69, 9.17) is 0 Å². The highest BCUT2D eigenvalue weighted by molar-refractivity contribution is 6.09. The number of hydrogen-bond donors (Lipinski definition) is 0. The Balaban J connectivity index is 2.25. The monoisotopic (exact) mass is 267 g/mol. The van der Waals surface area contributed by atoms with Crippen molar-refractivity contribution in [3.63, 3.8) is 0 Å². The molecule has 0 fully saturated rings. The normalized spacial score (nSPS) is 10.9. The average Bonchev–Trinajstić information content (AvgIpc) is 2.86. The third-order valence-electron chi connectivity index (χ3n) is 3.24. The maximum Gasteiger partial charge on any atom is 0.203 e. The number of nitrogens with zero attached hydrogens (tertiary/aromatic N) is 3. The lowest BCUT2D eigenvalue weighted by molar-refractivity contribution is 0.103. The molecule has 5 nitrogen and oxygen atoms in total. The molecule has 100 valence electrons. The quantitative estimate of drug-likeness (QED) is 0.661. The van der Waals surface area contributed by atoms with Crippen molar-refractivity contribution in [2.75, 3.05) is 0 Å². The Morgan fingerprint density at radius 1 is 1.10 bits per heavy atom. The van der Waals surface area contributed by atoms with Crippen LogP contribution in [0.15, 0.2) is 47.5 Å². The number of carbonyl (C=O) groups excluding carboxylic acids is 1. The maximum atomic E-state index is 12.4. The summed E-state index contributed by atoms with van der Waals surface area (Å²) in [4.78, 5) is 24.9. The molecule has 0 spiro atoms. The molecule has 1 aromatic carbocycles. The largest absolute Gasteiger partial charge is 0.333 e. The molecule has 0 amide bonds. The Bertz CT molecular complexity index is 860. The number of ketones is 1. The zero-order valence-corrected chi connectivity index (χ0v) is 11.2. The Labute approximate surface area is 115 Å². The predicted octanol–water partition coefficient (Wildman–Crippen LogP) is 1.50. The summed E-state index contributed by atoms with van der Waals surface area (Å²) in [5.74, 6) is -0.267. The average molecular weight is 267 g/mol. The second-order valence-electron chi connectivity index (χ2n) is 4.72. The second kappa shape index (κ2) is 4.45. The van der Waals surface area contributed by atoms with Gasteiger partial charge < -0.3 is 4.57 Å². The fraction of sp³-hybridized carbons (Fsp3) is 0.133. The van der Waals surface area contributed by atoms with Crippen LogP contribution >= 0.6 is 0 Å². The molecule has 0 N–H and O–H groups in total. The van der Waals surface area contributed by atoms with Gasteiger partial charge in [0.15, 0.2) is 11.4 Å². The summed E-state index contributed by atoms with van der Waals surface area (Å²) in [6, 6.07) is 8.80. The number of hydrogen-bond acceptors (Lipinski definition) is 3. The van der Waals surface area contributed by atoms with Gasteiger partial charge in [0, 0.05) is 32.1 Å². The summed E-state index contributed by atoms with van der Waals surface area (Å²) in [7, 11) is 3.52. The van der Waals surface area contributed by atoms with E-state index in [-0.39, 0.29) is 16.8 Å². The van der Waals surface area contributed by atoms with E-state index in [1.54, 1.807) is 60.0 Å². The van der Waals surface area contributed by atoms with Gasteiger partial charge in [0.1, 0.15) is 0 Å². The molecule has 2 heterocycles. The molecule has 3 rings (SSSR count). The molecule has 0 aliphatic rings. The van der Waals surface area contributed by atoms with Crippen molar-refractivity contribution in [2.45, 2.75) is 0 Å². The summed E-state index contributed by atoms with van der Waals surface area (Å²) >= 11 is 0. The van der Waals surface area contributed by atoms with Gasteiger partial charge in [0.05, 0.1) is 10.9 Å². The fourth-order valence-electron chi connectivity index (χ4n) is 2.26. The highest BCUT2D eigenvalue weighted by atomic mass is 16.1. The van der Waals surface area contributed by atoms with E-state index in [0.717, 1.165) is 0 Å². The number of benzene rings is 1. The van der Waals surface area contributed by atoms with E-state index in [9.17, 15) is 9.59 Å². The first-order chi connectivity index (χ1) is 9.58. The van der Waals surface area contributed by atoms with Crippen molar-refractivity contribution in [2.24, 2.45) is 14.1 Å². The summed E-state index contributed by atoms with van der Waals surface area (Å²) in [6.07, 6.45) is 3.19. The van der Waals surface area contributed by atoms with Gasteiger partial charge >= 0.3 is 0 Å². The highest BCUT2D eigenvalue weighted by Crippen LogP contribution is 2.11. The minimum Gasteiger partial charge on any atom is -0.333 e. The summed E-state index contributed by atoms with van der Waals surface area (Å²) in [6.45, 7) is 0. The minimum absolute atomic E-state index is 0.166. The zero-order chi connectivity index (χ0) is 14.3. The van der Waals surface area contributed by atoms with Gasteiger partial charge in [-0.15, -0.1) is 0 Å². The predicted molar refractivity (Wildman–Crippen MR) is 75.8 cm³/mol. The highest BCUT2D eigenvalue weighted by Gasteiger charge is 2.17. The van der Waals surface area contributed by atoms with Crippen LogP contribution in [0, 0.1) is 0 Å². The van der Waals surface area contributed by atoms with Crippen LogP contribution in [0.4, 0.5) is 0 Å². The molecule has 0 aliphatic heterocycles. The van der Waals surface area contributed by atoms with Gasteiger partial charge in [-0.25, -0.2) is 0 Å². The van der Waals surface area contributed by atoms with Crippen molar-refractivity contribution < 1.29 is 4.79 Å². The lowest BCUT2D eigenvalue weighted by Gasteiger charge is -2.04. The Kier molecular flexibility index (Phi) is 2.75. The van der Waals surface area contributed by atoms with E-state index in [1.165, 1.54) is 0 Å². The zero-order valence-electron chi connectivity index (χ0n) is 11.2. The van der Waals surface area contributed by atoms with Crippen molar-refractivity contribution >= 4 is 16.8 Å². The number of aryl methyl sites for hydroxylation is 2. The van der Waals surface area contributed by atoms with Crippen LogP contribution in [0.1, 0.15) is 15.9 Å². The molecule has 0 atom stereocenters. The van der Waals surface area contributed by atoms with E-state index in [1.807, 2.05) is 6.07 Å². The molecule has 5 heteroatoms. The van der Waals surface area contributed by atoms with Crippen molar-refractivity contribution in [1.82, 2.24) is 14.3 Å². The third kappa shape index (κ3) is 1.84. The molecule has 0 saturated heterocycles. The lowest BCUT2D eigenvalue weighted by atomic mass is 10.0. The molecule has 0 unspecified atom stereocenters. The fourth-order valence-corrected chi connectivity index (χ4v) is 2.26. The molecular formula is C15H13N3O2. The molecule has 0 radical (unpaired) electrons. The van der Waals surface area contributed by atoms with Gasteiger partial charge in [-0.05, 0) is 0 Å². The Hall–Kier alpha value is -2.69. The van der Waals surface area contributed by atoms with E-state index >= 15 is 0 Å². The number of carbonyl (C=O) groups is 1. The topological polar surface area (TPSA) is 56.9 Å². The van der Waals surface area contributed by atoms with Crippen LogP contribution in [-0.4, -0.2) is 20.1 Å². The van der Waals surface area contributed by atoms with Crippen molar-refractivity contribution in [3.8, 4) is 0 Å². The Morgan fingerprint density at radius 2 is 1.80 bits per heavy atom. The molecular weight excluding hydrogens is 254 g/mol. The maximum absolute atomic E-state index is 12.4. The number of fused-ring (bicyclic) bond motifs is 1. The molecule has 0 saturated carbocycles. The van der Waals surface area contributed by atoms with E-state index in [2.05, 4.69) is 5.10 Å². The molecule has 3 aromatic rings. The van der Waals surface area contributed by atoms with Gasteiger partial charge in [-0.1, -0.05) is 30.3 Å². The van der Waals surface area contributed by atoms with E-state index < -0.39 is 0 Å². The first kappa shape index (κ1) is 12.3. The number of pyridine rings is 1. The minimum atomic E-state index is -0.278. The molecule has 2 aromatic heterocycles. The number of aromatic nitrogens is 3. The van der Waals surface area contributed by atoms with Crippen LogP contribution in [-0.2, 0) is 14.1 Å². The second-order valence-corrected chi connectivity index (χ2v) is 4.72. The van der Waals surface area contributed by atoms with Crippen LogP contribution in [0.3, 0.4) is 0 Å². The summed E-state index contributed by atoms with van der Waals surface area (Å²) in [5.41, 5.74) is 0.967. The van der Waals surface area contributed by atoms with Gasteiger partial charge in [0.25, 0.3) is 0 Å². The van der Waals surface area contributed by atoms with Crippen molar-refractivity contribution in [3.05, 3.63) is 64.1 Å². The first-order valence-corrected chi connectivity index (χ1v) is 6.20. The SMILES string of the molecule is Cn1cc2c(=O)c(C(=O)c3ccccc3)cn(C)c2n1. The first-order valence-electron chi connectivity index (χ1n) is 6.20. The van der Waals surface area contributed by atoms with Crippen LogP contribution < -0.4 is 5.43 Å². The Morgan fingerprint density at radius 3 is 2.50 bits per heavy atom. The molecule has 0 bridgehead atoms. The standard InChI is InChI=1S/C15H13N3O2/c1-17-8-11(13(19)10-6-4-3-5-7-10)14(20)12-9-18(2)16-15(12)17/h3-9H,1-2H3. The lowest BCUT2D eigenvalue weighted by Crippen LogP contribution is -2.18. The third-order valence-corrected chi connectivity index (χ3v) is 3.24. The summed E-state index contributed by atoms with van der Waals surface area (Å²) < 4.78 is 3.27. The van der Waals surface area contributed by atoms with Crippen molar-refractivity contribution in [1.29, 1.82) is 0 Å². The molecule has 0 aliphatic carbocycles. The van der Waals surface area contributed by atoms with E-state index in [0.29, 0.717) is 16.6 Å². The smallest absolute Gasteiger partial charge is 0.203 e. The van der Waals surface area contributed by atoms with Gasteiger partial charge in [-0.2, -0.15) is 5.10 Å². The van der Waals surface area contributed by atoms with Crippen LogP contribution in [0.2, 0.25) is 0 Å². The summed E-state index contributed by atoms with van der Waals surface area (Å²) in [5, 5.41) is 4.67. The molecule has 20 heavy (non-hydrogen) atoms. The van der Waals surface area contributed by atoms with Crippen LogP contribution in [0.5, 0.6) is 0 Å². The van der Waals surface area contributed by atoms with Gasteiger partial charge in [0.2, 0.25) is 5.43 Å². The van der Waals surface area contributed by atoms with Crippen LogP contribution in [0.25, 0.3) is 11.0 Å². The number of rotatable bonds is 2.